The predicted octanol–water partition coefficient (Wildman–Crippen LogP) is 13.8. The van der Waals surface area contributed by atoms with Crippen LogP contribution in [0.15, 0.2) is 227 Å². The first-order valence-electron chi connectivity index (χ1n) is 21.7. The average molecular weight is 870 g/mol. The number of aromatic nitrogens is 5. The average Bonchev–Trinajstić information content (AvgIpc) is 4.04. The van der Waals surface area contributed by atoms with Crippen molar-refractivity contribution in [3.8, 4) is 45.5 Å². The summed E-state index contributed by atoms with van der Waals surface area (Å²) in [6, 6.07) is 69.3. The molecule has 0 aliphatic heterocycles. The van der Waals surface area contributed by atoms with Gasteiger partial charge in [0, 0.05) is 43.7 Å². The van der Waals surface area contributed by atoms with E-state index in [4.69, 9.17) is 19.4 Å². The van der Waals surface area contributed by atoms with Gasteiger partial charge >= 0.3 is 0 Å². The van der Waals surface area contributed by atoms with E-state index in [-0.39, 0.29) is 9.79 Å². The molecule has 0 bridgehead atoms. The zero-order valence-electron chi connectivity index (χ0n) is 35.1. The Morgan fingerprint density at radius 2 is 0.909 bits per heavy atom. The van der Waals surface area contributed by atoms with Gasteiger partial charge in [-0.15, -0.1) is 0 Å². The van der Waals surface area contributed by atoms with E-state index in [2.05, 4.69) is 63.7 Å². The van der Waals surface area contributed by atoms with Gasteiger partial charge in [0.05, 0.1) is 37.2 Å². The number of benzene rings is 9. The smallest absolute Gasteiger partial charge is 0.238 e. The van der Waals surface area contributed by atoms with Crippen LogP contribution in [-0.4, -0.2) is 32.5 Å². The summed E-state index contributed by atoms with van der Waals surface area (Å²) in [4.78, 5) is 15.4. The summed E-state index contributed by atoms with van der Waals surface area (Å²) in [5.74, 6) is 1.69. The Kier molecular flexibility index (Phi) is 8.43. The summed E-state index contributed by atoms with van der Waals surface area (Å²) >= 11 is 0. The fraction of sp³-hybridized carbons (Fsp3) is 0. The summed E-state index contributed by atoms with van der Waals surface area (Å²) in [7, 11) is -3.85. The maximum atomic E-state index is 14.2. The highest BCUT2D eigenvalue weighted by atomic mass is 32.2. The lowest BCUT2D eigenvalue weighted by atomic mass is 10.0. The number of sulfone groups is 1. The van der Waals surface area contributed by atoms with E-state index in [1.54, 1.807) is 24.3 Å². The van der Waals surface area contributed by atoms with E-state index in [1.165, 1.54) is 0 Å². The molecule has 0 saturated carbocycles. The monoisotopic (exact) mass is 869 g/mol. The molecule has 13 rings (SSSR count). The normalized spacial score (nSPS) is 12.1. The van der Waals surface area contributed by atoms with Crippen LogP contribution in [0.25, 0.3) is 111 Å². The minimum atomic E-state index is -3.85. The Morgan fingerprint density at radius 3 is 1.58 bits per heavy atom. The quantitative estimate of drug-likeness (QED) is 0.158. The van der Waals surface area contributed by atoms with Gasteiger partial charge < -0.3 is 8.98 Å². The van der Waals surface area contributed by atoms with Gasteiger partial charge in [0.2, 0.25) is 15.8 Å². The van der Waals surface area contributed by atoms with Crippen molar-refractivity contribution in [2.24, 2.45) is 0 Å². The third kappa shape index (κ3) is 5.91. The minimum absolute atomic E-state index is 0.220. The number of para-hydroxylation sites is 3. The Morgan fingerprint density at radius 1 is 0.379 bits per heavy atom. The van der Waals surface area contributed by atoms with E-state index < -0.39 is 9.84 Å². The summed E-state index contributed by atoms with van der Waals surface area (Å²) in [6.45, 7) is 0. The Hall–Kier alpha value is -8.66. The van der Waals surface area contributed by atoms with Crippen molar-refractivity contribution in [3.05, 3.63) is 212 Å². The SMILES string of the molecule is O=S(=O)(c1ccc(-c2ccc3c(c2)c2ccccc2n3-c2nc(-c3ccccc3)nc(-c3ccccc3)n2)cc1)c1ccc(-n2c3ccccc3c3ccc4oc5ccccc5c4c32)cc1. The van der Waals surface area contributed by atoms with Crippen LogP contribution in [0, 0.1) is 0 Å². The molecule has 0 unspecified atom stereocenters. The lowest BCUT2D eigenvalue weighted by Crippen LogP contribution is -2.06. The third-order valence-electron chi connectivity index (χ3n) is 12.6. The molecule has 0 atom stereocenters. The molecule has 0 spiro atoms. The highest BCUT2D eigenvalue weighted by Gasteiger charge is 2.23. The second-order valence-corrected chi connectivity index (χ2v) is 18.4. The first-order chi connectivity index (χ1) is 32.5. The van der Waals surface area contributed by atoms with Crippen LogP contribution in [0.1, 0.15) is 0 Å². The first kappa shape index (κ1) is 37.9. The fourth-order valence-electron chi connectivity index (χ4n) is 9.54. The molecule has 66 heavy (non-hydrogen) atoms. The Labute approximate surface area is 378 Å². The number of nitrogens with zero attached hydrogens (tertiary/aromatic N) is 5. The zero-order chi connectivity index (χ0) is 43.9. The summed E-state index contributed by atoms with van der Waals surface area (Å²) in [5, 5.41) is 6.34. The molecule has 0 N–H and O–H groups in total. The van der Waals surface area contributed by atoms with Gasteiger partial charge in [0.15, 0.2) is 11.6 Å². The van der Waals surface area contributed by atoms with Gasteiger partial charge in [-0.05, 0) is 90.0 Å². The van der Waals surface area contributed by atoms with Crippen LogP contribution < -0.4 is 0 Å². The van der Waals surface area contributed by atoms with Gasteiger partial charge in [-0.1, -0.05) is 133 Å². The van der Waals surface area contributed by atoms with Crippen LogP contribution in [0.2, 0.25) is 0 Å². The predicted molar refractivity (Wildman–Crippen MR) is 264 cm³/mol. The lowest BCUT2D eigenvalue weighted by Gasteiger charge is -2.11. The molecule has 4 heterocycles. The lowest BCUT2D eigenvalue weighted by molar-refractivity contribution is 0.596. The van der Waals surface area contributed by atoms with E-state index >= 15 is 0 Å². The molecule has 0 aliphatic carbocycles. The molecule has 0 radical (unpaired) electrons. The number of fused-ring (bicyclic) bond motifs is 10. The molecule has 4 aromatic heterocycles. The van der Waals surface area contributed by atoms with Crippen LogP contribution in [-0.2, 0) is 9.84 Å². The number of rotatable bonds is 7. The molecule has 0 amide bonds. The zero-order valence-corrected chi connectivity index (χ0v) is 35.9. The molecule has 8 nitrogen and oxygen atoms in total. The molecular weight excluding hydrogens is 835 g/mol. The van der Waals surface area contributed by atoms with E-state index in [0.29, 0.717) is 17.6 Å². The van der Waals surface area contributed by atoms with E-state index in [9.17, 15) is 8.42 Å². The first-order valence-corrected chi connectivity index (χ1v) is 23.2. The Bertz CT molecular complexity index is 4100. The molecular formula is C57H35N5O3S. The molecule has 9 heteroatoms. The van der Waals surface area contributed by atoms with Crippen LogP contribution in [0.5, 0.6) is 0 Å². The van der Waals surface area contributed by atoms with Crippen LogP contribution in [0.4, 0.5) is 0 Å². The highest BCUT2D eigenvalue weighted by Crippen LogP contribution is 2.41. The van der Waals surface area contributed by atoms with Crippen molar-refractivity contribution >= 4 is 75.4 Å². The van der Waals surface area contributed by atoms with E-state index in [1.807, 2.05) is 133 Å². The van der Waals surface area contributed by atoms with Crippen molar-refractivity contribution in [1.29, 1.82) is 0 Å². The van der Waals surface area contributed by atoms with E-state index in [0.717, 1.165) is 93.5 Å². The summed E-state index contributed by atoms with van der Waals surface area (Å²) < 4.78 is 39.1. The standard InChI is InChI=1S/C57H35N5O3S/c63-66(64,42-30-26-40(27-31-42)61-48-20-10-7-17-43(48)45-32-34-52-53(54(45)61)46-19-9-12-22-51(46)65-52)41-28-23-36(24-29-41)39-25-33-50-47(35-39)44-18-8-11-21-49(44)62(50)57-59-55(37-13-3-1-4-14-37)58-56(60-57)38-15-5-2-6-16-38/h1-35H. The largest absolute Gasteiger partial charge is 0.456 e. The second-order valence-electron chi connectivity index (χ2n) is 16.4. The Balaban J connectivity index is 0.861. The van der Waals surface area contributed by atoms with Crippen LogP contribution in [0.3, 0.4) is 0 Å². The second kappa shape index (κ2) is 14.7. The highest BCUT2D eigenvalue weighted by molar-refractivity contribution is 7.91. The fourth-order valence-corrected chi connectivity index (χ4v) is 10.8. The van der Waals surface area contributed by atoms with Gasteiger partial charge in [-0.2, -0.15) is 9.97 Å². The maximum absolute atomic E-state index is 14.2. The van der Waals surface area contributed by atoms with Gasteiger partial charge in [-0.3, -0.25) is 4.57 Å². The van der Waals surface area contributed by atoms with Crippen molar-refractivity contribution in [2.45, 2.75) is 9.79 Å². The molecule has 0 fully saturated rings. The van der Waals surface area contributed by atoms with Crippen molar-refractivity contribution in [3.63, 3.8) is 0 Å². The summed E-state index contributed by atoms with van der Waals surface area (Å²) in [5.41, 5.74) is 10.1. The van der Waals surface area contributed by atoms with Crippen molar-refractivity contribution in [2.75, 3.05) is 0 Å². The van der Waals surface area contributed by atoms with Gasteiger partial charge in [-0.25, -0.2) is 13.4 Å². The number of hydrogen-bond acceptors (Lipinski definition) is 6. The van der Waals surface area contributed by atoms with Crippen molar-refractivity contribution in [1.82, 2.24) is 24.1 Å². The number of hydrogen-bond donors (Lipinski definition) is 0. The topological polar surface area (TPSA) is 95.8 Å². The van der Waals surface area contributed by atoms with Crippen LogP contribution >= 0.6 is 0 Å². The third-order valence-corrected chi connectivity index (χ3v) is 14.4. The molecule has 0 aliphatic rings. The minimum Gasteiger partial charge on any atom is -0.456 e. The van der Waals surface area contributed by atoms with Crippen molar-refractivity contribution < 1.29 is 12.8 Å². The maximum Gasteiger partial charge on any atom is 0.238 e. The van der Waals surface area contributed by atoms with Gasteiger partial charge in [0.25, 0.3) is 0 Å². The molecule has 312 valence electrons. The molecule has 0 saturated heterocycles. The summed E-state index contributed by atoms with van der Waals surface area (Å²) in [6.07, 6.45) is 0. The molecule has 9 aromatic carbocycles. The number of furan rings is 1. The molecule has 13 aromatic rings. The van der Waals surface area contributed by atoms with Gasteiger partial charge in [0.1, 0.15) is 11.2 Å².